The third-order valence-electron chi connectivity index (χ3n) is 2.75. The van der Waals surface area contributed by atoms with Crippen LogP contribution in [0.15, 0.2) is 33.5 Å². The zero-order valence-corrected chi connectivity index (χ0v) is 14.3. The number of nitrogens with one attached hydrogen (secondary N) is 1. The lowest BCUT2D eigenvalue weighted by molar-refractivity contribution is 0.822. The summed E-state index contributed by atoms with van der Waals surface area (Å²) in [6.45, 7) is 2.09. The van der Waals surface area contributed by atoms with Crippen LogP contribution in [0.5, 0.6) is 0 Å². The first-order valence-corrected chi connectivity index (χ1v) is 7.99. The highest BCUT2D eigenvalue weighted by Gasteiger charge is 2.08. The number of aromatic amines is 1. The van der Waals surface area contributed by atoms with Crippen molar-refractivity contribution >= 4 is 38.5 Å². The SMILES string of the molecule is CCCc1nc(Cc2ccc(Br)cc2)[nH]c(=O)c1I. The van der Waals surface area contributed by atoms with Gasteiger partial charge in [-0.3, -0.25) is 4.79 Å². The number of benzene rings is 1. The largest absolute Gasteiger partial charge is 0.309 e. The molecule has 0 aliphatic rings. The quantitative estimate of drug-likeness (QED) is 0.749. The number of hydrogen-bond acceptors (Lipinski definition) is 2. The summed E-state index contributed by atoms with van der Waals surface area (Å²) in [6.07, 6.45) is 2.48. The molecule has 0 saturated heterocycles. The van der Waals surface area contributed by atoms with Crippen molar-refractivity contribution in [2.45, 2.75) is 26.2 Å². The molecule has 0 saturated carbocycles. The van der Waals surface area contributed by atoms with E-state index in [0.29, 0.717) is 9.99 Å². The van der Waals surface area contributed by atoms with E-state index in [-0.39, 0.29) is 5.56 Å². The second kappa shape index (κ2) is 6.65. The Kier molecular flexibility index (Phi) is 5.15. The third-order valence-corrected chi connectivity index (χ3v) is 4.39. The smallest absolute Gasteiger partial charge is 0.264 e. The number of H-pyrrole nitrogens is 1. The summed E-state index contributed by atoms with van der Waals surface area (Å²) in [5.74, 6) is 0.733. The van der Waals surface area contributed by atoms with Crippen molar-refractivity contribution in [3.8, 4) is 0 Å². The highest BCUT2D eigenvalue weighted by molar-refractivity contribution is 14.1. The van der Waals surface area contributed by atoms with Crippen LogP contribution in [-0.4, -0.2) is 9.97 Å². The van der Waals surface area contributed by atoms with E-state index >= 15 is 0 Å². The second-order valence-electron chi connectivity index (χ2n) is 4.33. The lowest BCUT2D eigenvalue weighted by atomic mass is 10.1. The molecule has 2 rings (SSSR count). The Bertz CT molecular complexity index is 622. The summed E-state index contributed by atoms with van der Waals surface area (Å²) >= 11 is 5.48. The minimum atomic E-state index is -0.0360. The number of hydrogen-bond donors (Lipinski definition) is 1. The van der Waals surface area contributed by atoms with E-state index in [1.807, 2.05) is 24.3 Å². The zero-order valence-electron chi connectivity index (χ0n) is 10.5. The van der Waals surface area contributed by atoms with Gasteiger partial charge >= 0.3 is 0 Å². The molecule has 0 spiro atoms. The van der Waals surface area contributed by atoms with Crippen LogP contribution in [0.1, 0.15) is 30.4 Å². The molecule has 1 heterocycles. The Hall–Kier alpha value is -0.690. The van der Waals surface area contributed by atoms with Crippen LogP contribution < -0.4 is 5.56 Å². The molecule has 19 heavy (non-hydrogen) atoms. The minimum Gasteiger partial charge on any atom is -0.309 e. The van der Waals surface area contributed by atoms with Gasteiger partial charge in [-0.05, 0) is 46.7 Å². The maximum atomic E-state index is 11.9. The van der Waals surface area contributed by atoms with Gasteiger partial charge in [0.1, 0.15) is 5.82 Å². The molecule has 3 nitrogen and oxygen atoms in total. The zero-order chi connectivity index (χ0) is 13.8. The predicted molar refractivity (Wildman–Crippen MR) is 88.5 cm³/mol. The first-order valence-electron chi connectivity index (χ1n) is 6.12. The number of rotatable bonds is 4. The Morgan fingerprint density at radius 2 is 2.00 bits per heavy atom. The summed E-state index contributed by atoms with van der Waals surface area (Å²) in [7, 11) is 0. The van der Waals surface area contributed by atoms with E-state index in [4.69, 9.17) is 0 Å². The van der Waals surface area contributed by atoms with Crippen molar-refractivity contribution in [2.75, 3.05) is 0 Å². The van der Waals surface area contributed by atoms with Crippen LogP contribution in [-0.2, 0) is 12.8 Å². The molecule has 1 N–H and O–H groups in total. The highest BCUT2D eigenvalue weighted by Crippen LogP contribution is 2.13. The summed E-state index contributed by atoms with van der Waals surface area (Å²) < 4.78 is 1.76. The molecule has 1 aromatic heterocycles. The molecule has 0 atom stereocenters. The van der Waals surface area contributed by atoms with Crippen LogP contribution in [0.2, 0.25) is 0 Å². The lowest BCUT2D eigenvalue weighted by Gasteiger charge is -2.06. The molecule has 5 heteroatoms. The molecule has 0 bridgehead atoms. The minimum absolute atomic E-state index is 0.0360. The molecular weight excluding hydrogens is 419 g/mol. The van der Waals surface area contributed by atoms with Crippen molar-refractivity contribution in [3.05, 3.63) is 59.7 Å². The van der Waals surface area contributed by atoms with Gasteiger partial charge in [-0.15, -0.1) is 0 Å². The van der Waals surface area contributed by atoms with Crippen LogP contribution in [0.3, 0.4) is 0 Å². The maximum absolute atomic E-state index is 11.9. The second-order valence-corrected chi connectivity index (χ2v) is 6.32. The van der Waals surface area contributed by atoms with Gasteiger partial charge in [0, 0.05) is 10.9 Å². The van der Waals surface area contributed by atoms with Gasteiger partial charge in [0.15, 0.2) is 0 Å². The van der Waals surface area contributed by atoms with Gasteiger partial charge < -0.3 is 4.98 Å². The van der Waals surface area contributed by atoms with Gasteiger partial charge in [0.25, 0.3) is 5.56 Å². The van der Waals surface area contributed by atoms with Crippen LogP contribution in [0, 0.1) is 3.57 Å². The molecule has 0 aliphatic carbocycles. The van der Waals surface area contributed by atoms with Crippen LogP contribution >= 0.6 is 38.5 Å². The van der Waals surface area contributed by atoms with Crippen LogP contribution in [0.25, 0.3) is 0 Å². The van der Waals surface area contributed by atoms with Crippen molar-refractivity contribution < 1.29 is 0 Å². The number of halogens is 2. The Balaban J connectivity index is 2.30. The predicted octanol–water partition coefficient (Wildman–Crippen LogP) is 3.68. The van der Waals surface area contributed by atoms with Crippen molar-refractivity contribution in [1.29, 1.82) is 0 Å². The van der Waals surface area contributed by atoms with Gasteiger partial charge in [0.2, 0.25) is 0 Å². The molecule has 1 aromatic carbocycles. The molecule has 0 fully saturated rings. The average Bonchev–Trinajstić information content (AvgIpc) is 2.38. The van der Waals surface area contributed by atoms with E-state index in [2.05, 4.69) is 55.4 Å². The van der Waals surface area contributed by atoms with E-state index in [1.165, 1.54) is 0 Å². The molecule has 0 amide bonds. The maximum Gasteiger partial charge on any atom is 0.264 e. The third kappa shape index (κ3) is 3.89. The van der Waals surface area contributed by atoms with Crippen molar-refractivity contribution in [2.24, 2.45) is 0 Å². The normalized spacial score (nSPS) is 10.7. The first-order chi connectivity index (χ1) is 9.10. The Morgan fingerprint density at radius 3 is 2.63 bits per heavy atom. The standard InChI is InChI=1S/C14H14BrIN2O/c1-2-3-11-13(16)14(19)18-12(17-11)8-9-4-6-10(15)7-5-9/h4-7H,2-3,8H2,1H3,(H,17,18,19). The monoisotopic (exact) mass is 432 g/mol. The van der Waals surface area contributed by atoms with Gasteiger partial charge in [-0.25, -0.2) is 4.98 Å². The fourth-order valence-corrected chi connectivity index (χ4v) is 2.63. The number of nitrogens with zero attached hydrogens (tertiary/aromatic N) is 1. The van der Waals surface area contributed by atoms with Gasteiger partial charge in [0.05, 0.1) is 9.26 Å². The lowest BCUT2D eigenvalue weighted by Crippen LogP contribution is -2.18. The van der Waals surface area contributed by atoms with E-state index in [9.17, 15) is 4.79 Å². The number of aryl methyl sites for hydroxylation is 1. The Labute approximate surface area is 134 Å². The van der Waals surface area contributed by atoms with Crippen molar-refractivity contribution in [1.82, 2.24) is 9.97 Å². The first kappa shape index (κ1) is 14.7. The summed E-state index contributed by atoms with van der Waals surface area (Å²) in [6, 6.07) is 8.04. The summed E-state index contributed by atoms with van der Waals surface area (Å²) in [5, 5.41) is 0. The fourth-order valence-electron chi connectivity index (χ4n) is 1.84. The fraction of sp³-hybridized carbons (Fsp3) is 0.286. The number of aromatic nitrogens is 2. The highest BCUT2D eigenvalue weighted by atomic mass is 127. The van der Waals surface area contributed by atoms with E-state index < -0.39 is 0 Å². The molecule has 0 radical (unpaired) electrons. The van der Waals surface area contributed by atoms with E-state index in [1.54, 1.807) is 0 Å². The van der Waals surface area contributed by atoms with E-state index in [0.717, 1.165) is 34.4 Å². The molecular formula is C14H14BrIN2O. The molecule has 100 valence electrons. The molecule has 0 unspecified atom stereocenters. The van der Waals surface area contributed by atoms with Crippen molar-refractivity contribution in [3.63, 3.8) is 0 Å². The van der Waals surface area contributed by atoms with Gasteiger partial charge in [-0.2, -0.15) is 0 Å². The topological polar surface area (TPSA) is 45.8 Å². The Morgan fingerprint density at radius 1 is 1.32 bits per heavy atom. The summed E-state index contributed by atoms with van der Waals surface area (Å²) in [5.41, 5.74) is 2.00. The molecule has 0 aliphatic heterocycles. The van der Waals surface area contributed by atoms with Gasteiger partial charge in [-0.1, -0.05) is 41.4 Å². The average molecular weight is 433 g/mol. The summed E-state index contributed by atoms with van der Waals surface area (Å²) in [4.78, 5) is 19.3. The van der Waals surface area contributed by atoms with Crippen LogP contribution in [0.4, 0.5) is 0 Å². The molecule has 2 aromatic rings.